The van der Waals surface area contributed by atoms with E-state index in [2.05, 4.69) is 4.90 Å². The maximum Gasteiger partial charge on any atom is 0.168 e. The zero-order valence-corrected chi connectivity index (χ0v) is 11.1. The summed E-state index contributed by atoms with van der Waals surface area (Å²) in [7, 11) is 0. The summed E-state index contributed by atoms with van der Waals surface area (Å²) in [5.41, 5.74) is 0.745. The summed E-state index contributed by atoms with van der Waals surface area (Å²) in [5, 5.41) is 0. The molecule has 3 rings (SSSR count). The molecule has 2 heterocycles. The zero-order chi connectivity index (χ0) is 11.7. The van der Waals surface area contributed by atoms with Crippen molar-refractivity contribution >= 4 is 18.2 Å². The summed E-state index contributed by atoms with van der Waals surface area (Å²) < 4.78 is 5.78. The van der Waals surface area contributed by atoms with Gasteiger partial charge in [-0.2, -0.15) is 0 Å². The average Bonchev–Trinajstić information content (AvgIpc) is 2.83. The molecule has 1 aromatic carbocycles. The normalized spacial score (nSPS) is 23.8. The number of fused-ring (bicyclic) bond motifs is 1. The number of hydrogen-bond donors (Lipinski definition) is 0. The molecular weight excluding hydrogens is 250 g/mol. The fraction of sp³-hybridized carbons (Fsp3) is 0.500. The molecule has 0 amide bonds. The second-order valence-corrected chi connectivity index (χ2v) is 4.83. The Bertz CT molecular complexity index is 430. The molecule has 0 saturated carbocycles. The molecule has 0 radical (unpaired) electrons. The number of Topliss-reactive ketones (excluding diaryl/α,β-unsaturated/α-hetero) is 1. The van der Waals surface area contributed by atoms with Crippen LogP contribution in [0.3, 0.4) is 0 Å². The molecule has 3 nitrogen and oxygen atoms in total. The molecule has 18 heavy (non-hydrogen) atoms. The first-order valence-electron chi connectivity index (χ1n) is 6.33. The molecule has 0 aromatic heterocycles. The zero-order valence-electron chi connectivity index (χ0n) is 10.3. The Labute approximate surface area is 114 Å². The van der Waals surface area contributed by atoms with Crippen LogP contribution in [0.1, 0.15) is 29.6 Å². The van der Waals surface area contributed by atoms with Gasteiger partial charge in [0, 0.05) is 6.42 Å². The molecule has 1 saturated heterocycles. The lowest BCUT2D eigenvalue weighted by molar-refractivity contribution is 0.0921. The van der Waals surface area contributed by atoms with Crippen molar-refractivity contribution in [1.29, 1.82) is 0 Å². The molecular formula is C14H18ClNO2. The van der Waals surface area contributed by atoms with Crippen molar-refractivity contribution in [3.63, 3.8) is 0 Å². The summed E-state index contributed by atoms with van der Waals surface area (Å²) in [6.07, 6.45) is 3.09. The molecule has 2 aliphatic heterocycles. The SMILES string of the molecule is Cl.O=C1CC(N2CCCC2)COc2ccccc21. The van der Waals surface area contributed by atoms with Crippen LogP contribution in [0.5, 0.6) is 5.75 Å². The highest BCUT2D eigenvalue weighted by Crippen LogP contribution is 2.26. The van der Waals surface area contributed by atoms with E-state index in [4.69, 9.17) is 4.74 Å². The first-order chi connectivity index (χ1) is 8.34. The minimum atomic E-state index is 0. The van der Waals surface area contributed by atoms with Crippen LogP contribution >= 0.6 is 12.4 Å². The van der Waals surface area contributed by atoms with Gasteiger partial charge in [-0.05, 0) is 38.1 Å². The first kappa shape index (κ1) is 13.4. The minimum Gasteiger partial charge on any atom is -0.491 e. The molecule has 0 N–H and O–H groups in total. The first-order valence-corrected chi connectivity index (χ1v) is 6.33. The van der Waals surface area contributed by atoms with Gasteiger partial charge in [-0.25, -0.2) is 0 Å². The van der Waals surface area contributed by atoms with Gasteiger partial charge in [-0.15, -0.1) is 12.4 Å². The Hall–Kier alpha value is -1.06. The number of likely N-dealkylation sites (tertiary alicyclic amines) is 1. The van der Waals surface area contributed by atoms with Crippen LogP contribution in [-0.4, -0.2) is 36.4 Å². The van der Waals surface area contributed by atoms with Gasteiger partial charge >= 0.3 is 0 Å². The number of carbonyl (C=O) groups excluding carboxylic acids is 1. The lowest BCUT2D eigenvalue weighted by Crippen LogP contribution is -2.37. The summed E-state index contributed by atoms with van der Waals surface area (Å²) in [5.74, 6) is 0.967. The van der Waals surface area contributed by atoms with E-state index in [-0.39, 0.29) is 24.2 Å². The van der Waals surface area contributed by atoms with Gasteiger partial charge < -0.3 is 4.74 Å². The van der Waals surface area contributed by atoms with Crippen LogP contribution in [0.2, 0.25) is 0 Å². The number of carbonyl (C=O) groups is 1. The van der Waals surface area contributed by atoms with Gasteiger partial charge in [0.05, 0.1) is 11.6 Å². The topological polar surface area (TPSA) is 29.5 Å². The molecule has 98 valence electrons. The number of ketones is 1. The summed E-state index contributed by atoms with van der Waals surface area (Å²) in [6, 6.07) is 7.83. The second kappa shape index (κ2) is 5.72. The number of halogens is 1. The van der Waals surface area contributed by atoms with Crippen molar-refractivity contribution in [2.24, 2.45) is 0 Å². The second-order valence-electron chi connectivity index (χ2n) is 4.83. The van der Waals surface area contributed by atoms with E-state index in [1.165, 1.54) is 12.8 Å². The quantitative estimate of drug-likeness (QED) is 0.783. The number of ether oxygens (including phenoxy) is 1. The molecule has 0 spiro atoms. The molecule has 0 aliphatic carbocycles. The molecule has 1 unspecified atom stereocenters. The van der Waals surface area contributed by atoms with Crippen LogP contribution in [-0.2, 0) is 0 Å². The third-order valence-corrected chi connectivity index (χ3v) is 3.70. The maximum atomic E-state index is 12.2. The van der Waals surface area contributed by atoms with E-state index < -0.39 is 0 Å². The molecule has 1 fully saturated rings. The Balaban J connectivity index is 0.00000120. The standard InChI is InChI=1S/C14H17NO2.ClH/c16-13-9-11(15-7-3-4-8-15)10-17-14-6-2-1-5-12(13)14;/h1-2,5-6,11H,3-4,7-10H2;1H. The van der Waals surface area contributed by atoms with E-state index in [1.54, 1.807) is 0 Å². The van der Waals surface area contributed by atoms with Crippen LogP contribution < -0.4 is 4.74 Å². The molecule has 1 aromatic rings. The number of benzene rings is 1. The molecule has 1 atom stereocenters. The molecule has 0 bridgehead atoms. The minimum absolute atomic E-state index is 0. The van der Waals surface area contributed by atoms with Crippen molar-refractivity contribution in [2.45, 2.75) is 25.3 Å². The number of nitrogens with zero attached hydrogens (tertiary/aromatic N) is 1. The van der Waals surface area contributed by atoms with Crippen LogP contribution in [0.15, 0.2) is 24.3 Å². The van der Waals surface area contributed by atoms with Crippen LogP contribution in [0.4, 0.5) is 0 Å². The number of hydrogen-bond acceptors (Lipinski definition) is 3. The predicted molar refractivity (Wildman–Crippen MR) is 72.7 cm³/mol. The smallest absolute Gasteiger partial charge is 0.168 e. The Kier molecular flexibility index (Phi) is 4.25. The van der Waals surface area contributed by atoms with Crippen molar-refractivity contribution in [3.05, 3.63) is 29.8 Å². The van der Waals surface area contributed by atoms with Crippen molar-refractivity contribution in [2.75, 3.05) is 19.7 Å². The number of rotatable bonds is 1. The summed E-state index contributed by atoms with van der Waals surface area (Å²) >= 11 is 0. The van der Waals surface area contributed by atoms with Crippen molar-refractivity contribution < 1.29 is 9.53 Å². The Morgan fingerprint density at radius 1 is 1.17 bits per heavy atom. The largest absolute Gasteiger partial charge is 0.491 e. The highest BCUT2D eigenvalue weighted by molar-refractivity contribution is 5.99. The third-order valence-electron chi connectivity index (χ3n) is 3.70. The van der Waals surface area contributed by atoms with Crippen LogP contribution in [0, 0.1) is 0 Å². The highest BCUT2D eigenvalue weighted by atomic mass is 35.5. The van der Waals surface area contributed by atoms with Gasteiger partial charge in [0.25, 0.3) is 0 Å². The summed E-state index contributed by atoms with van der Waals surface area (Å²) in [6.45, 7) is 2.86. The lowest BCUT2D eigenvalue weighted by atomic mass is 10.0. The fourth-order valence-corrected chi connectivity index (χ4v) is 2.73. The predicted octanol–water partition coefficient (Wildman–Crippen LogP) is 2.54. The average molecular weight is 268 g/mol. The molecule has 4 heteroatoms. The van der Waals surface area contributed by atoms with E-state index >= 15 is 0 Å². The molecule has 2 aliphatic rings. The maximum absolute atomic E-state index is 12.2. The van der Waals surface area contributed by atoms with E-state index in [1.807, 2.05) is 24.3 Å². The van der Waals surface area contributed by atoms with Crippen molar-refractivity contribution in [3.8, 4) is 5.75 Å². The Morgan fingerprint density at radius 2 is 1.89 bits per heavy atom. The van der Waals surface area contributed by atoms with Gasteiger partial charge in [-0.3, -0.25) is 9.69 Å². The monoisotopic (exact) mass is 267 g/mol. The third kappa shape index (κ3) is 2.52. The highest BCUT2D eigenvalue weighted by Gasteiger charge is 2.29. The van der Waals surface area contributed by atoms with E-state index in [9.17, 15) is 4.79 Å². The fourth-order valence-electron chi connectivity index (χ4n) is 2.73. The lowest BCUT2D eigenvalue weighted by Gasteiger charge is -2.24. The van der Waals surface area contributed by atoms with Crippen molar-refractivity contribution in [1.82, 2.24) is 4.90 Å². The van der Waals surface area contributed by atoms with Gasteiger partial charge in [0.1, 0.15) is 12.4 Å². The van der Waals surface area contributed by atoms with Crippen LogP contribution in [0.25, 0.3) is 0 Å². The van der Waals surface area contributed by atoms with E-state index in [0.717, 1.165) is 24.4 Å². The Morgan fingerprint density at radius 3 is 2.67 bits per heavy atom. The number of para-hydroxylation sites is 1. The van der Waals surface area contributed by atoms with Gasteiger partial charge in [0.2, 0.25) is 0 Å². The van der Waals surface area contributed by atoms with Gasteiger partial charge in [0.15, 0.2) is 5.78 Å². The van der Waals surface area contributed by atoms with Gasteiger partial charge in [-0.1, -0.05) is 12.1 Å². The summed E-state index contributed by atoms with van der Waals surface area (Å²) in [4.78, 5) is 14.6. The van der Waals surface area contributed by atoms with E-state index in [0.29, 0.717) is 13.0 Å².